The monoisotopic (exact) mass is 891 g/mol. The Kier molecular flexibility index (Phi) is 51.7. The van der Waals surface area contributed by atoms with Crippen molar-refractivity contribution in [2.45, 2.75) is 335 Å². The molecule has 0 radical (unpaired) electrons. The summed E-state index contributed by atoms with van der Waals surface area (Å²) in [5.74, 6) is -0.852. The average molecular weight is 892 g/mol. The Bertz CT molecular complexity index is 936. The van der Waals surface area contributed by atoms with Crippen LogP contribution in [0.3, 0.4) is 0 Å². The van der Waals surface area contributed by atoms with E-state index in [0.29, 0.717) is 19.3 Å². The molecule has 0 aromatic rings. The summed E-state index contributed by atoms with van der Waals surface area (Å²) in [6, 6.07) is 0. The summed E-state index contributed by atoms with van der Waals surface area (Å²) in [6.07, 6.45) is 58.6. The van der Waals surface area contributed by atoms with E-state index < -0.39 is 6.10 Å². The van der Waals surface area contributed by atoms with Gasteiger partial charge in [-0.15, -0.1) is 0 Å². The van der Waals surface area contributed by atoms with Crippen molar-refractivity contribution in [2.75, 3.05) is 13.2 Å². The summed E-state index contributed by atoms with van der Waals surface area (Å²) in [5.41, 5.74) is 0. The fourth-order valence-corrected chi connectivity index (χ4v) is 8.80. The lowest BCUT2D eigenvalue weighted by molar-refractivity contribution is -0.167. The molecule has 6 nitrogen and oxygen atoms in total. The van der Waals surface area contributed by atoms with Gasteiger partial charge in [-0.05, 0) is 19.3 Å². The van der Waals surface area contributed by atoms with Gasteiger partial charge in [-0.3, -0.25) is 14.4 Å². The molecule has 0 amide bonds. The largest absolute Gasteiger partial charge is 0.462 e. The molecule has 0 aromatic heterocycles. The van der Waals surface area contributed by atoms with E-state index in [-0.39, 0.29) is 31.1 Å². The van der Waals surface area contributed by atoms with Crippen LogP contribution in [0.25, 0.3) is 0 Å². The summed E-state index contributed by atoms with van der Waals surface area (Å²) < 4.78 is 16.7. The molecule has 0 spiro atoms. The van der Waals surface area contributed by atoms with Gasteiger partial charge in [0.2, 0.25) is 0 Å². The molecule has 0 saturated carbocycles. The van der Waals surface area contributed by atoms with Crippen LogP contribution in [-0.2, 0) is 28.6 Å². The van der Waals surface area contributed by atoms with E-state index in [1.807, 2.05) is 0 Å². The number of hydrogen-bond acceptors (Lipinski definition) is 6. The van der Waals surface area contributed by atoms with E-state index in [4.69, 9.17) is 14.2 Å². The van der Waals surface area contributed by atoms with Crippen molar-refractivity contribution >= 4 is 17.9 Å². The van der Waals surface area contributed by atoms with E-state index in [2.05, 4.69) is 20.8 Å². The van der Waals surface area contributed by atoms with Gasteiger partial charge in [0.25, 0.3) is 0 Å². The Hall–Kier alpha value is -1.59. The predicted molar refractivity (Wildman–Crippen MR) is 270 cm³/mol. The van der Waals surface area contributed by atoms with Gasteiger partial charge in [-0.25, -0.2) is 0 Å². The Morgan fingerprint density at radius 3 is 0.635 bits per heavy atom. The second-order valence-corrected chi connectivity index (χ2v) is 19.6. The summed E-state index contributed by atoms with van der Waals surface area (Å²) in [6.45, 7) is 6.62. The molecule has 0 N–H and O–H groups in total. The molecular weight excluding hydrogens is 781 g/mol. The smallest absolute Gasteiger partial charge is 0.306 e. The molecule has 0 aliphatic heterocycles. The zero-order valence-corrected chi connectivity index (χ0v) is 42.9. The minimum absolute atomic E-state index is 0.0627. The Morgan fingerprint density at radius 1 is 0.254 bits per heavy atom. The topological polar surface area (TPSA) is 78.9 Å². The van der Waals surface area contributed by atoms with Crippen molar-refractivity contribution < 1.29 is 28.6 Å². The molecule has 63 heavy (non-hydrogen) atoms. The summed E-state index contributed by atoms with van der Waals surface area (Å²) in [4.78, 5) is 37.8. The molecule has 0 saturated heterocycles. The predicted octanol–water partition coefficient (Wildman–Crippen LogP) is 18.8. The van der Waals surface area contributed by atoms with Crippen LogP contribution in [0.2, 0.25) is 0 Å². The molecule has 0 bridgehead atoms. The first kappa shape index (κ1) is 61.4. The molecular formula is C57H110O6. The molecule has 0 aromatic carbocycles. The second-order valence-electron chi connectivity index (χ2n) is 19.6. The minimum atomic E-state index is -0.759. The second kappa shape index (κ2) is 53.0. The fraction of sp³-hybridized carbons (Fsp3) is 0.947. The van der Waals surface area contributed by atoms with Crippen molar-refractivity contribution in [1.29, 1.82) is 0 Å². The zero-order chi connectivity index (χ0) is 45.8. The van der Waals surface area contributed by atoms with Crippen LogP contribution in [0, 0.1) is 0 Å². The molecule has 0 aliphatic rings. The molecule has 374 valence electrons. The van der Waals surface area contributed by atoms with E-state index in [1.54, 1.807) is 0 Å². The van der Waals surface area contributed by atoms with Crippen LogP contribution >= 0.6 is 0 Å². The maximum Gasteiger partial charge on any atom is 0.306 e. The Balaban J connectivity index is 4.03. The summed E-state index contributed by atoms with van der Waals surface area (Å²) in [5, 5.41) is 0. The van der Waals surface area contributed by atoms with E-state index in [9.17, 15) is 14.4 Å². The summed E-state index contributed by atoms with van der Waals surface area (Å²) in [7, 11) is 0. The number of ether oxygens (including phenoxy) is 3. The highest BCUT2D eigenvalue weighted by molar-refractivity contribution is 5.71. The first-order valence-corrected chi connectivity index (χ1v) is 28.5. The first-order valence-electron chi connectivity index (χ1n) is 28.5. The molecule has 0 fully saturated rings. The third-order valence-corrected chi connectivity index (χ3v) is 13.1. The number of carbonyl (C=O) groups excluding carboxylic acids is 3. The number of rotatable bonds is 53. The Morgan fingerprint density at radius 2 is 0.429 bits per heavy atom. The van der Waals surface area contributed by atoms with Crippen molar-refractivity contribution in [3.05, 3.63) is 0 Å². The van der Waals surface area contributed by atoms with Gasteiger partial charge in [0, 0.05) is 19.3 Å². The van der Waals surface area contributed by atoms with E-state index in [1.165, 1.54) is 225 Å². The third kappa shape index (κ3) is 51.3. The number of carbonyl (C=O) groups is 3. The van der Waals surface area contributed by atoms with Crippen LogP contribution < -0.4 is 0 Å². The van der Waals surface area contributed by atoms with Crippen molar-refractivity contribution in [3.8, 4) is 0 Å². The number of esters is 3. The SMILES string of the molecule is CCCCCCCCCCCCCCCCCCCCCCCC(=O)OCC(COC(=O)CCCCCCC)OC(=O)CCCCCCCCCCCCCCCCCCCCC. The van der Waals surface area contributed by atoms with Gasteiger partial charge < -0.3 is 14.2 Å². The first-order chi connectivity index (χ1) is 31.0. The molecule has 6 heteroatoms. The van der Waals surface area contributed by atoms with Gasteiger partial charge in [-0.2, -0.15) is 0 Å². The molecule has 1 atom stereocenters. The maximum atomic E-state index is 12.8. The standard InChI is InChI=1S/C57H110O6/c1-4-7-10-13-15-17-19-21-23-25-27-28-30-31-33-35-37-39-41-44-47-50-56(59)62-53-54(52-61-55(58)49-46-43-12-9-6-3)63-57(60)51-48-45-42-40-38-36-34-32-29-26-24-22-20-18-16-14-11-8-5-2/h54H,4-53H2,1-3H3. The van der Waals surface area contributed by atoms with Gasteiger partial charge in [0.05, 0.1) is 0 Å². The third-order valence-electron chi connectivity index (χ3n) is 13.1. The van der Waals surface area contributed by atoms with E-state index in [0.717, 1.165) is 64.2 Å². The average Bonchev–Trinajstić information content (AvgIpc) is 3.28. The Labute approximate surface area is 393 Å². The quantitative estimate of drug-likeness (QED) is 0.0344. The highest BCUT2D eigenvalue weighted by atomic mass is 16.6. The minimum Gasteiger partial charge on any atom is -0.462 e. The lowest BCUT2D eigenvalue weighted by Crippen LogP contribution is -2.30. The maximum absolute atomic E-state index is 12.8. The van der Waals surface area contributed by atoms with Crippen molar-refractivity contribution in [3.63, 3.8) is 0 Å². The van der Waals surface area contributed by atoms with Gasteiger partial charge in [-0.1, -0.05) is 290 Å². The molecule has 1 unspecified atom stereocenters. The van der Waals surface area contributed by atoms with E-state index >= 15 is 0 Å². The van der Waals surface area contributed by atoms with Crippen LogP contribution in [0.4, 0.5) is 0 Å². The lowest BCUT2D eigenvalue weighted by atomic mass is 10.0. The normalized spacial score (nSPS) is 11.9. The van der Waals surface area contributed by atoms with Crippen LogP contribution in [0.5, 0.6) is 0 Å². The summed E-state index contributed by atoms with van der Waals surface area (Å²) >= 11 is 0. The molecule has 0 rings (SSSR count). The highest BCUT2D eigenvalue weighted by Gasteiger charge is 2.19. The lowest BCUT2D eigenvalue weighted by Gasteiger charge is -2.18. The number of hydrogen-bond donors (Lipinski definition) is 0. The van der Waals surface area contributed by atoms with Crippen molar-refractivity contribution in [2.24, 2.45) is 0 Å². The molecule has 0 heterocycles. The number of unbranched alkanes of at least 4 members (excludes halogenated alkanes) is 42. The highest BCUT2D eigenvalue weighted by Crippen LogP contribution is 2.18. The molecule has 0 aliphatic carbocycles. The van der Waals surface area contributed by atoms with Crippen LogP contribution in [0.1, 0.15) is 329 Å². The van der Waals surface area contributed by atoms with Crippen LogP contribution in [0.15, 0.2) is 0 Å². The van der Waals surface area contributed by atoms with Gasteiger partial charge >= 0.3 is 17.9 Å². The zero-order valence-electron chi connectivity index (χ0n) is 42.9. The van der Waals surface area contributed by atoms with Gasteiger partial charge in [0.1, 0.15) is 13.2 Å². The van der Waals surface area contributed by atoms with Crippen LogP contribution in [-0.4, -0.2) is 37.2 Å². The van der Waals surface area contributed by atoms with Crippen molar-refractivity contribution in [1.82, 2.24) is 0 Å². The fourth-order valence-electron chi connectivity index (χ4n) is 8.80. The van der Waals surface area contributed by atoms with Gasteiger partial charge in [0.15, 0.2) is 6.10 Å².